The molecule has 0 radical (unpaired) electrons. The normalized spacial score (nSPS) is 11.0. The molecule has 9 heteroatoms. The van der Waals surface area contributed by atoms with Gasteiger partial charge in [0.1, 0.15) is 0 Å². The molecular weight excluding hydrogens is 401 g/mol. The van der Waals surface area contributed by atoms with Crippen molar-refractivity contribution in [1.82, 2.24) is 0 Å². The Kier molecular flexibility index (Phi) is 7.02. The van der Waals surface area contributed by atoms with Crippen LogP contribution in [0.25, 0.3) is 0 Å². The van der Waals surface area contributed by atoms with Crippen molar-refractivity contribution in [2.75, 3.05) is 17.7 Å². The number of halogens is 2. The topological polar surface area (TPSA) is 89.5 Å². The summed E-state index contributed by atoms with van der Waals surface area (Å²) in [5, 5.41) is 3.37. The monoisotopic (exact) mass is 415 g/mol. The van der Waals surface area contributed by atoms with E-state index in [2.05, 4.69) is 5.32 Å². The van der Waals surface area contributed by atoms with Crippen LogP contribution in [0.15, 0.2) is 53.4 Å². The van der Waals surface area contributed by atoms with E-state index >= 15 is 0 Å². The second kappa shape index (κ2) is 9.02. The van der Waals surface area contributed by atoms with Crippen LogP contribution in [0, 0.1) is 0 Å². The largest absolute Gasteiger partial charge is 0.456 e. The summed E-state index contributed by atoms with van der Waals surface area (Å²) in [6, 6.07) is 12.1. The van der Waals surface area contributed by atoms with E-state index in [1.807, 2.05) is 0 Å². The highest BCUT2D eigenvalue weighted by molar-refractivity contribution is 7.91. The molecule has 0 saturated carbocycles. The summed E-state index contributed by atoms with van der Waals surface area (Å²) in [7, 11) is -3.64. The fourth-order valence-corrected chi connectivity index (χ4v) is 3.50. The Bertz CT molecular complexity index is 898. The molecule has 0 aromatic heterocycles. The maximum absolute atomic E-state index is 12.1. The second-order valence-corrected chi connectivity index (χ2v) is 8.22. The summed E-state index contributed by atoms with van der Waals surface area (Å²) >= 11 is 11.5. The number of carbonyl (C=O) groups excluding carboxylic acids is 2. The van der Waals surface area contributed by atoms with Gasteiger partial charge in [-0.05, 0) is 42.5 Å². The van der Waals surface area contributed by atoms with Gasteiger partial charge in [0.15, 0.2) is 16.4 Å². The lowest BCUT2D eigenvalue weighted by molar-refractivity contribution is -0.146. The molecule has 0 atom stereocenters. The summed E-state index contributed by atoms with van der Waals surface area (Å²) in [4.78, 5) is 23.5. The van der Waals surface area contributed by atoms with Crippen LogP contribution in [0.4, 0.5) is 5.69 Å². The summed E-state index contributed by atoms with van der Waals surface area (Å²) in [5.41, 5.74) is 0.462. The fourth-order valence-electron chi connectivity index (χ4n) is 1.96. The third kappa shape index (κ3) is 6.33. The summed E-state index contributed by atoms with van der Waals surface area (Å²) in [6.45, 7) is -0.521. The van der Waals surface area contributed by atoms with Crippen molar-refractivity contribution in [2.24, 2.45) is 0 Å². The molecule has 0 aliphatic carbocycles. The minimum absolute atomic E-state index is 0.0633. The van der Waals surface area contributed by atoms with Gasteiger partial charge in [-0.3, -0.25) is 9.59 Å². The SMILES string of the molecule is O=C(COC(=O)CCS(=O)(=O)c1ccc(Cl)cc1)Nc1cccc(Cl)c1. The average Bonchev–Trinajstić information content (AvgIpc) is 2.59. The Balaban J connectivity index is 1.79. The minimum atomic E-state index is -3.64. The van der Waals surface area contributed by atoms with Gasteiger partial charge in [-0.25, -0.2) is 8.42 Å². The first kappa shape index (κ1) is 20.2. The first-order chi connectivity index (χ1) is 12.3. The van der Waals surface area contributed by atoms with E-state index < -0.39 is 34.1 Å². The number of esters is 1. The number of benzene rings is 2. The van der Waals surface area contributed by atoms with Crippen LogP contribution in [0.3, 0.4) is 0 Å². The zero-order valence-corrected chi connectivity index (χ0v) is 15.8. The van der Waals surface area contributed by atoms with Crippen molar-refractivity contribution in [2.45, 2.75) is 11.3 Å². The van der Waals surface area contributed by atoms with E-state index in [1.54, 1.807) is 24.3 Å². The molecule has 0 spiro atoms. The molecule has 0 aliphatic heterocycles. The van der Waals surface area contributed by atoms with E-state index in [0.29, 0.717) is 15.7 Å². The third-order valence-electron chi connectivity index (χ3n) is 3.22. The van der Waals surface area contributed by atoms with Crippen molar-refractivity contribution >= 4 is 50.6 Å². The highest BCUT2D eigenvalue weighted by atomic mass is 35.5. The number of carbonyl (C=O) groups is 2. The maximum Gasteiger partial charge on any atom is 0.307 e. The van der Waals surface area contributed by atoms with Gasteiger partial charge < -0.3 is 10.1 Å². The quantitative estimate of drug-likeness (QED) is 0.700. The number of hydrogen-bond donors (Lipinski definition) is 1. The molecule has 1 amide bonds. The summed E-state index contributed by atoms with van der Waals surface area (Å²) < 4.78 is 29.0. The Morgan fingerprint density at radius 3 is 2.35 bits per heavy atom. The van der Waals surface area contributed by atoms with Gasteiger partial charge in [0.2, 0.25) is 0 Å². The summed E-state index contributed by atoms with van der Waals surface area (Å²) in [6.07, 6.45) is -0.366. The molecule has 2 aromatic carbocycles. The second-order valence-electron chi connectivity index (χ2n) is 5.24. The lowest BCUT2D eigenvalue weighted by Crippen LogP contribution is -2.22. The smallest absolute Gasteiger partial charge is 0.307 e. The molecule has 0 aliphatic rings. The molecule has 0 bridgehead atoms. The first-order valence-electron chi connectivity index (χ1n) is 7.45. The van der Waals surface area contributed by atoms with E-state index in [4.69, 9.17) is 27.9 Å². The van der Waals surface area contributed by atoms with E-state index in [9.17, 15) is 18.0 Å². The zero-order valence-electron chi connectivity index (χ0n) is 13.4. The van der Waals surface area contributed by atoms with E-state index in [-0.39, 0.29) is 11.3 Å². The van der Waals surface area contributed by atoms with Crippen molar-refractivity contribution < 1.29 is 22.7 Å². The molecule has 2 aromatic rings. The number of rotatable bonds is 7. The minimum Gasteiger partial charge on any atom is -0.456 e. The van der Waals surface area contributed by atoms with Crippen LogP contribution >= 0.6 is 23.2 Å². The van der Waals surface area contributed by atoms with Crippen LogP contribution in [0.2, 0.25) is 10.0 Å². The maximum atomic E-state index is 12.1. The van der Waals surface area contributed by atoms with Gasteiger partial charge in [-0.2, -0.15) is 0 Å². The van der Waals surface area contributed by atoms with Gasteiger partial charge in [0, 0.05) is 15.7 Å². The predicted molar refractivity (Wildman–Crippen MR) is 99.2 cm³/mol. The van der Waals surface area contributed by atoms with Crippen molar-refractivity contribution in [3.63, 3.8) is 0 Å². The number of sulfone groups is 1. The Morgan fingerprint density at radius 1 is 1.00 bits per heavy atom. The molecule has 0 saturated heterocycles. The molecule has 2 rings (SSSR count). The lowest BCUT2D eigenvalue weighted by atomic mass is 10.3. The van der Waals surface area contributed by atoms with Crippen molar-refractivity contribution in [3.8, 4) is 0 Å². The number of anilines is 1. The molecule has 0 fully saturated rings. The molecule has 0 unspecified atom stereocenters. The molecule has 26 heavy (non-hydrogen) atoms. The molecule has 6 nitrogen and oxygen atoms in total. The number of hydrogen-bond acceptors (Lipinski definition) is 5. The first-order valence-corrected chi connectivity index (χ1v) is 9.86. The predicted octanol–water partition coefficient (Wildman–Crippen LogP) is 3.34. The van der Waals surface area contributed by atoms with E-state index in [1.165, 1.54) is 24.3 Å². The number of nitrogens with one attached hydrogen (secondary N) is 1. The van der Waals surface area contributed by atoms with Crippen LogP contribution in [-0.2, 0) is 24.2 Å². The highest BCUT2D eigenvalue weighted by Crippen LogP contribution is 2.16. The zero-order chi connectivity index (χ0) is 19.2. The van der Waals surface area contributed by atoms with Gasteiger partial charge in [-0.1, -0.05) is 29.3 Å². The standard InChI is InChI=1S/C17H15Cl2NO5S/c18-12-4-6-15(7-5-12)26(23,24)9-8-17(22)25-11-16(21)20-14-3-1-2-13(19)10-14/h1-7,10H,8-9,11H2,(H,20,21). The molecule has 138 valence electrons. The highest BCUT2D eigenvalue weighted by Gasteiger charge is 2.17. The van der Waals surface area contributed by atoms with Crippen LogP contribution in [0.1, 0.15) is 6.42 Å². The van der Waals surface area contributed by atoms with Gasteiger partial charge >= 0.3 is 5.97 Å². The van der Waals surface area contributed by atoms with Gasteiger partial charge in [-0.15, -0.1) is 0 Å². The van der Waals surface area contributed by atoms with Crippen LogP contribution in [-0.4, -0.2) is 32.7 Å². The van der Waals surface area contributed by atoms with Crippen molar-refractivity contribution in [1.29, 1.82) is 0 Å². The van der Waals surface area contributed by atoms with E-state index in [0.717, 1.165) is 0 Å². The Hall–Kier alpha value is -2.09. The fraction of sp³-hybridized carbons (Fsp3) is 0.176. The number of ether oxygens (including phenoxy) is 1. The van der Waals surface area contributed by atoms with Gasteiger partial charge in [0.05, 0.1) is 17.1 Å². The van der Waals surface area contributed by atoms with Crippen LogP contribution in [0.5, 0.6) is 0 Å². The lowest BCUT2D eigenvalue weighted by Gasteiger charge is -2.07. The molecule has 1 N–H and O–H groups in total. The number of amides is 1. The molecular formula is C17H15Cl2NO5S. The van der Waals surface area contributed by atoms with Gasteiger partial charge in [0.25, 0.3) is 5.91 Å². The third-order valence-corrected chi connectivity index (χ3v) is 5.44. The van der Waals surface area contributed by atoms with Crippen LogP contribution < -0.4 is 5.32 Å². The Morgan fingerprint density at radius 2 is 1.69 bits per heavy atom. The van der Waals surface area contributed by atoms with Crippen molar-refractivity contribution in [3.05, 3.63) is 58.6 Å². The summed E-state index contributed by atoms with van der Waals surface area (Å²) in [5.74, 6) is -1.77. The molecule has 0 heterocycles. The Labute approximate surface area is 161 Å². The average molecular weight is 416 g/mol.